The zero-order valence-electron chi connectivity index (χ0n) is 14.3. The predicted molar refractivity (Wildman–Crippen MR) is 101 cm³/mol. The van der Waals surface area contributed by atoms with Crippen LogP contribution in [-0.4, -0.2) is 29.1 Å². The van der Waals surface area contributed by atoms with Gasteiger partial charge in [0.05, 0.1) is 4.91 Å². The van der Waals surface area contributed by atoms with Crippen molar-refractivity contribution in [3.63, 3.8) is 0 Å². The van der Waals surface area contributed by atoms with Crippen molar-refractivity contribution in [1.82, 2.24) is 4.90 Å². The third-order valence-corrected chi connectivity index (χ3v) is 4.80. The summed E-state index contributed by atoms with van der Waals surface area (Å²) >= 11 is 1.51. The molecule has 4 heteroatoms. The topological polar surface area (TPSA) is 32.7 Å². The smallest absolute Gasteiger partial charge is 0.266 e. The first-order chi connectivity index (χ1) is 11.2. The van der Waals surface area contributed by atoms with Crippen LogP contribution >= 0.6 is 11.8 Å². The van der Waals surface area contributed by atoms with E-state index in [4.69, 9.17) is 0 Å². The van der Waals surface area contributed by atoms with Crippen molar-refractivity contribution < 1.29 is 4.79 Å². The molecule has 0 unspecified atom stereocenters. The summed E-state index contributed by atoms with van der Waals surface area (Å²) in [5.41, 5.74) is 2.29. The molecule has 23 heavy (non-hydrogen) atoms. The lowest BCUT2D eigenvalue weighted by Crippen LogP contribution is -2.30. The molecule has 3 nitrogen and oxygen atoms in total. The average molecular weight is 330 g/mol. The summed E-state index contributed by atoms with van der Waals surface area (Å²) in [6.45, 7) is 7.93. The fourth-order valence-corrected chi connectivity index (χ4v) is 3.32. The number of aliphatic imine (C=N–C) groups is 1. The Kier molecular flexibility index (Phi) is 6.90. The SMILES string of the molecule is CCCCN=C1S/C(=C\c2ccc(C)cc2)C(=O)N1CCCC. The van der Waals surface area contributed by atoms with Gasteiger partial charge in [-0.2, -0.15) is 0 Å². The van der Waals surface area contributed by atoms with Gasteiger partial charge in [-0.05, 0) is 43.2 Å². The number of carbonyl (C=O) groups excluding carboxylic acids is 1. The summed E-state index contributed by atoms with van der Waals surface area (Å²) in [4.78, 5) is 20.0. The van der Waals surface area contributed by atoms with Crippen LogP contribution < -0.4 is 0 Å². The van der Waals surface area contributed by atoms with Crippen LogP contribution in [0.3, 0.4) is 0 Å². The third kappa shape index (κ3) is 4.96. The maximum Gasteiger partial charge on any atom is 0.266 e. The van der Waals surface area contributed by atoms with Gasteiger partial charge in [-0.25, -0.2) is 0 Å². The van der Waals surface area contributed by atoms with Crippen molar-refractivity contribution in [3.8, 4) is 0 Å². The molecule has 0 aliphatic carbocycles. The number of rotatable bonds is 7. The first-order valence-electron chi connectivity index (χ1n) is 8.48. The molecule has 0 bridgehead atoms. The lowest BCUT2D eigenvalue weighted by atomic mass is 10.1. The molecule has 1 amide bonds. The van der Waals surface area contributed by atoms with E-state index < -0.39 is 0 Å². The minimum atomic E-state index is 0.0965. The van der Waals surface area contributed by atoms with Crippen LogP contribution in [-0.2, 0) is 4.79 Å². The summed E-state index contributed by atoms with van der Waals surface area (Å²) < 4.78 is 0. The number of amidine groups is 1. The largest absolute Gasteiger partial charge is 0.287 e. The van der Waals surface area contributed by atoms with E-state index in [9.17, 15) is 4.79 Å². The summed E-state index contributed by atoms with van der Waals surface area (Å²) in [5, 5.41) is 0.871. The molecular weight excluding hydrogens is 304 g/mol. The predicted octanol–water partition coefficient (Wildman–Crippen LogP) is 4.87. The molecule has 124 valence electrons. The standard InChI is InChI=1S/C19H26N2OS/c1-4-6-12-20-19-21(13-7-5-2)18(22)17(23-19)14-16-10-8-15(3)9-11-16/h8-11,14H,4-7,12-13H2,1-3H3/b17-14-,20-19?. The van der Waals surface area contributed by atoms with Gasteiger partial charge in [-0.3, -0.25) is 14.7 Å². The number of hydrogen-bond acceptors (Lipinski definition) is 3. The fourth-order valence-electron chi connectivity index (χ4n) is 2.29. The van der Waals surface area contributed by atoms with Crippen molar-refractivity contribution in [1.29, 1.82) is 0 Å². The Morgan fingerprint density at radius 3 is 2.48 bits per heavy atom. The highest BCUT2D eigenvalue weighted by atomic mass is 32.2. The summed E-state index contributed by atoms with van der Waals surface area (Å²) in [7, 11) is 0. The number of nitrogens with zero attached hydrogens (tertiary/aromatic N) is 2. The number of carbonyl (C=O) groups is 1. The Morgan fingerprint density at radius 2 is 1.83 bits per heavy atom. The molecule has 1 aliphatic rings. The van der Waals surface area contributed by atoms with Crippen LogP contribution in [0.1, 0.15) is 50.7 Å². The zero-order chi connectivity index (χ0) is 16.7. The maximum atomic E-state index is 12.7. The van der Waals surface area contributed by atoms with E-state index in [1.165, 1.54) is 17.3 Å². The average Bonchev–Trinajstić information content (AvgIpc) is 2.83. The van der Waals surface area contributed by atoms with Crippen molar-refractivity contribution >= 4 is 28.9 Å². The van der Waals surface area contributed by atoms with Gasteiger partial charge in [0.1, 0.15) is 0 Å². The molecule has 0 spiro atoms. The second-order valence-corrected chi connectivity index (χ2v) is 6.86. The van der Waals surface area contributed by atoms with Gasteiger partial charge in [-0.1, -0.05) is 56.5 Å². The molecule has 0 N–H and O–H groups in total. The fraction of sp³-hybridized carbons (Fsp3) is 0.474. The number of hydrogen-bond donors (Lipinski definition) is 0. The van der Waals surface area contributed by atoms with E-state index in [0.717, 1.165) is 54.4 Å². The highest BCUT2D eigenvalue weighted by Gasteiger charge is 2.32. The Morgan fingerprint density at radius 1 is 1.13 bits per heavy atom. The number of unbranched alkanes of at least 4 members (excludes halogenated alkanes) is 2. The molecule has 0 saturated carbocycles. The molecular formula is C19H26N2OS. The van der Waals surface area contributed by atoms with Gasteiger partial charge < -0.3 is 0 Å². The van der Waals surface area contributed by atoms with Crippen molar-refractivity contribution in [2.45, 2.75) is 46.5 Å². The van der Waals surface area contributed by atoms with Gasteiger partial charge in [0, 0.05) is 13.1 Å². The van der Waals surface area contributed by atoms with E-state index in [0.29, 0.717) is 0 Å². The number of thioether (sulfide) groups is 1. The summed E-state index contributed by atoms with van der Waals surface area (Å²) in [6, 6.07) is 8.25. The zero-order valence-corrected chi connectivity index (χ0v) is 15.2. The van der Waals surface area contributed by atoms with E-state index in [1.807, 2.05) is 11.0 Å². The van der Waals surface area contributed by atoms with Crippen molar-refractivity contribution in [2.24, 2.45) is 4.99 Å². The normalized spacial score (nSPS) is 18.4. The lowest BCUT2D eigenvalue weighted by Gasteiger charge is -2.14. The van der Waals surface area contributed by atoms with Gasteiger partial charge >= 0.3 is 0 Å². The third-order valence-electron chi connectivity index (χ3n) is 3.76. The van der Waals surface area contributed by atoms with E-state index in [-0.39, 0.29) is 5.91 Å². The van der Waals surface area contributed by atoms with Crippen LogP contribution in [0.2, 0.25) is 0 Å². The molecule has 0 atom stereocenters. The summed E-state index contributed by atoms with van der Waals surface area (Å²) in [5.74, 6) is 0.0965. The molecule has 1 saturated heterocycles. The molecule has 0 aromatic heterocycles. The number of benzene rings is 1. The van der Waals surface area contributed by atoms with Crippen molar-refractivity contribution in [2.75, 3.05) is 13.1 Å². The molecule has 2 rings (SSSR count). The first kappa shape index (κ1) is 17.8. The Balaban J connectivity index is 2.19. The minimum Gasteiger partial charge on any atom is -0.287 e. The molecule has 1 heterocycles. The van der Waals surface area contributed by atoms with Gasteiger partial charge in [0.15, 0.2) is 5.17 Å². The summed E-state index contributed by atoms with van der Waals surface area (Å²) in [6.07, 6.45) is 6.26. The highest BCUT2D eigenvalue weighted by Crippen LogP contribution is 2.32. The van der Waals surface area contributed by atoms with Crippen molar-refractivity contribution in [3.05, 3.63) is 40.3 Å². The van der Waals surface area contributed by atoms with E-state index >= 15 is 0 Å². The van der Waals surface area contributed by atoms with Gasteiger partial charge in [0.2, 0.25) is 0 Å². The van der Waals surface area contributed by atoms with E-state index in [1.54, 1.807) is 0 Å². The Hall–Kier alpha value is -1.55. The highest BCUT2D eigenvalue weighted by molar-refractivity contribution is 8.18. The van der Waals surface area contributed by atoms with E-state index in [2.05, 4.69) is 50.0 Å². The van der Waals surface area contributed by atoms with Crippen LogP contribution in [0.25, 0.3) is 6.08 Å². The van der Waals surface area contributed by atoms with Crippen LogP contribution in [0, 0.1) is 6.92 Å². The molecule has 1 aliphatic heterocycles. The Labute approximate surface area is 143 Å². The van der Waals surface area contributed by atoms with Crippen LogP contribution in [0.15, 0.2) is 34.2 Å². The second-order valence-electron chi connectivity index (χ2n) is 5.85. The molecule has 1 fully saturated rings. The van der Waals surface area contributed by atoms with Gasteiger partial charge in [0.25, 0.3) is 5.91 Å². The van der Waals surface area contributed by atoms with Gasteiger partial charge in [-0.15, -0.1) is 0 Å². The number of aryl methyl sites for hydroxylation is 1. The Bertz CT molecular complexity index is 590. The maximum absolute atomic E-state index is 12.7. The molecule has 1 aromatic rings. The first-order valence-corrected chi connectivity index (χ1v) is 9.30. The quantitative estimate of drug-likeness (QED) is 0.528. The molecule has 1 aromatic carbocycles. The second kappa shape index (κ2) is 8.92. The van der Waals surface area contributed by atoms with Crippen LogP contribution in [0.5, 0.6) is 0 Å². The lowest BCUT2D eigenvalue weighted by molar-refractivity contribution is -0.122. The monoisotopic (exact) mass is 330 g/mol. The number of amides is 1. The molecule has 0 radical (unpaired) electrons. The van der Waals surface area contributed by atoms with Crippen LogP contribution in [0.4, 0.5) is 0 Å². The minimum absolute atomic E-state index is 0.0965.